The number of aromatic nitrogens is 2. The van der Waals surface area contributed by atoms with Crippen molar-refractivity contribution in [3.8, 4) is 5.75 Å². The molecule has 0 atom stereocenters. The summed E-state index contributed by atoms with van der Waals surface area (Å²) < 4.78 is 31.8. The van der Waals surface area contributed by atoms with Gasteiger partial charge in [0, 0.05) is 12.3 Å². The van der Waals surface area contributed by atoms with Gasteiger partial charge in [0.1, 0.15) is 12.1 Å². The maximum Gasteiger partial charge on any atom is 0.171 e. The van der Waals surface area contributed by atoms with E-state index in [-0.39, 0.29) is 17.7 Å². The van der Waals surface area contributed by atoms with Crippen LogP contribution in [0.2, 0.25) is 0 Å². The predicted molar refractivity (Wildman–Crippen MR) is 63.0 cm³/mol. The smallest absolute Gasteiger partial charge is 0.171 e. The third kappa shape index (κ3) is 2.90. The van der Waals surface area contributed by atoms with Crippen LogP contribution in [0.4, 0.5) is 8.78 Å². The number of rotatable bonds is 4. The maximum atomic E-state index is 13.7. The number of ether oxygens (including phenoxy) is 1. The average Bonchev–Trinajstić information content (AvgIpc) is 2.42. The van der Waals surface area contributed by atoms with Gasteiger partial charge in [-0.15, -0.1) is 0 Å². The second-order valence-corrected chi connectivity index (χ2v) is 3.77. The van der Waals surface area contributed by atoms with Crippen LogP contribution in [0, 0.1) is 11.6 Å². The molecular formula is C13H10F2N2O2. The van der Waals surface area contributed by atoms with E-state index in [1.807, 2.05) is 0 Å². The van der Waals surface area contributed by atoms with E-state index in [0.29, 0.717) is 5.69 Å². The van der Waals surface area contributed by atoms with E-state index in [0.717, 1.165) is 12.1 Å². The molecule has 0 unspecified atom stereocenters. The number of nitrogens with zero attached hydrogens (tertiary/aromatic N) is 2. The Kier molecular flexibility index (Phi) is 3.79. The fraction of sp³-hybridized carbons (Fsp3) is 0.154. The molecule has 1 aromatic heterocycles. The molecule has 0 fully saturated rings. The van der Waals surface area contributed by atoms with Gasteiger partial charge in [-0.05, 0) is 12.1 Å². The average molecular weight is 264 g/mol. The zero-order chi connectivity index (χ0) is 13.8. The van der Waals surface area contributed by atoms with Gasteiger partial charge >= 0.3 is 0 Å². The first kappa shape index (κ1) is 13.1. The number of hydrogen-bond donors (Lipinski definition) is 0. The van der Waals surface area contributed by atoms with Crippen LogP contribution in [0.15, 0.2) is 30.7 Å². The van der Waals surface area contributed by atoms with E-state index in [9.17, 15) is 13.6 Å². The lowest BCUT2D eigenvalue weighted by atomic mass is 10.1. The first-order chi connectivity index (χ1) is 9.11. The molecule has 19 heavy (non-hydrogen) atoms. The first-order valence-corrected chi connectivity index (χ1v) is 5.43. The number of methoxy groups -OCH3 is 1. The van der Waals surface area contributed by atoms with Crippen molar-refractivity contribution in [3.05, 3.63) is 53.6 Å². The molecule has 0 saturated heterocycles. The topological polar surface area (TPSA) is 52.1 Å². The Morgan fingerprint density at radius 3 is 2.74 bits per heavy atom. The summed E-state index contributed by atoms with van der Waals surface area (Å²) in [7, 11) is 1.22. The quantitative estimate of drug-likeness (QED) is 0.794. The Balaban J connectivity index is 2.27. The fourth-order valence-corrected chi connectivity index (χ4v) is 1.58. The molecule has 0 bridgehead atoms. The van der Waals surface area contributed by atoms with Gasteiger partial charge in [-0.1, -0.05) is 0 Å². The Morgan fingerprint density at radius 2 is 2.11 bits per heavy atom. The predicted octanol–water partition coefficient (Wildman–Crippen LogP) is 2.19. The minimum absolute atomic E-state index is 0.120. The van der Waals surface area contributed by atoms with E-state index in [1.165, 1.54) is 25.7 Å². The minimum Gasteiger partial charge on any atom is -0.494 e. The molecule has 2 aromatic rings. The molecule has 1 aromatic carbocycles. The van der Waals surface area contributed by atoms with Gasteiger partial charge in [-0.3, -0.25) is 4.79 Å². The van der Waals surface area contributed by atoms with Crippen LogP contribution in [0.3, 0.4) is 0 Å². The van der Waals surface area contributed by atoms with Crippen molar-refractivity contribution in [2.24, 2.45) is 0 Å². The second kappa shape index (κ2) is 5.51. The molecule has 0 aliphatic rings. The number of ketones is 1. The van der Waals surface area contributed by atoms with Crippen LogP contribution >= 0.6 is 0 Å². The molecule has 0 saturated carbocycles. The summed E-state index contributed by atoms with van der Waals surface area (Å²) in [5.41, 5.74) is 0.118. The molecule has 0 aliphatic carbocycles. The number of benzene rings is 1. The highest BCUT2D eigenvalue weighted by molar-refractivity contribution is 5.97. The third-order valence-corrected chi connectivity index (χ3v) is 2.53. The molecule has 0 radical (unpaired) electrons. The molecule has 1 heterocycles. The molecule has 0 N–H and O–H groups in total. The van der Waals surface area contributed by atoms with Crippen LogP contribution in [0.25, 0.3) is 0 Å². The summed E-state index contributed by atoms with van der Waals surface area (Å²) in [5, 5.41) is 0. The zero-order valence-corrected chi connectivity index (χ0v) is 10.1. The van der Waals surface area contributed by atoms with Gasteiger partial charge in [0.05, 0.1) is 24.8 Å². The normalized spacial score (nSPS) is 10.3. The third-order valence-electron chi connectivity index (χ3n) is 2.53. The Labute approximate surface area is 108 Å². The van der Waals surface area contributed by atoms with E-state index in [2.05, 4.69) is 14.7 Å². The maximum absolute atomic E-state index is 13.7. The van der Waals surface area contributed by atoms with Gasteiger partial charge in [-0.25, -0.2) is 18.7 Å². The number of carbonyl (C=O) groups is 1. The van der Waals surface area contributed by atoms with Crippen molar-refractivity contribution in [1.29, 1.82) is 0 Å². The summed E-state index contributed by atoms with van der Waals surface area (Å²) in [4.78, 5) is 19.4. The van der Waals surface area contributed by atoms with Crippen molar-refractivity contribution < 1.29 is 18.3 Å². The van der Waals surface area contributed by atoms with Crippen molar-refractivity contribution in [2.75, 3.05) is 7.11 Å². The van der Waals surface area contributed by atoms with Gasteiger partial charge in [0.2, 0.25) is 0 Å². The number of hydrogen-bond acceptors (Lipinski definition) is 4. The lowest BCUT2D eigenvalue weighted by Crippen LogP contribution is -2.08. The van der Waals surface area contributed by atoms with Gasteiger partial charge in [-0.2, -0.15) is 0 Å². The lowest BCUT2D eigenvalue weighted by molar-refractivity contribution is 0.0987. The first-order valence-electron chi connectivity index (χ1n) is 5.43. The number of carbonyl (C=O) groups excluding carboxylic acids is 1. The van der Waals surface area contributed by atoms with Gasteiger partial charge in [0.25, 0.3) is 0 Å². The monoisotopic (exact) mass is 264 g/mol. The van der Waals surface area contributed by atoms with Crippen LogP contribution in [0.5, 0.6) is 5.75 Å². The van der Waals surface area contributed by atoms with Crippen LogP contribution in [-0.2, 0) is 6.42 Å². The zero-order valence-electron chi connectivity index (χ0n) is 10.1. The molecule has 0 aliphatic heterocycles. The number of Topliss-reactive ketones (excluding diaryl/α,β-unsaturated/α-hetero) is 1. The van der Waals surface area contributed by atoms with Crippen molar-refractivity contribution >= 4 is 5.78 Å². The van der Waals surface area contributed by atoms with Gasteiger partial charge in [0.15, 0.2) is 17.3 Å². The summed E-state index contributed by atoms with van der Waals surface area (Å²) in [5.74, 6) is -2.40. The van der Waals surface area contributed by atoms with E-state index in [1.54, 1.807) is 0 Å². The lowest BCUT2D eigenvalue weighted by Gasteiger charge is -2.06. The van der Waals surface area contributed by atoms with Crippen LogP contribution in [0.1, 0.15) is 16.1 Å². The Hall–Kier alpha value is -2.37. The van der Waals surface area contributed by atoms with E-state index < -0.39 is 17.4 Å². The summed E-state index contributed by atoms with van der Waals surface area (Å²) in [6, 6.07) is 3.22. The van der Waals surface area contributed by atoms with Crippen LogP contribution < -0.4 is 4.74 Å². The largest absolute Gasteiger partial charge is 0.494 e. The summed E-state index contributed by atoms with van der Waals surface area (Å²) >= 11 is 0. The van der Waals surface area contributed by atoms with E-state index >= 15 is 0 Å². The molecule has 2 rings (SSSR count). The summed E-state index contributed by atoms with van der Waals surface area (Å²) in [6.45, 7) is 0. The van der Waals surface area contributed by atoms with Crippen molar-refractivity contribution in [2.45, 2.75) is 6.42 Å². The Morgan fingerprint density at radius 1 is 1.32 bits per heavy atom. The molecule has 0 spiro atoms. The molecule has 6 heteroatoms. The Bertz CT molecular complexity index is 603. The molecule has 0 amide bonds. The molecular weight excluding hydrogens is 254 g/mol. The SMILES string of the molecule is COc1cc(F)c(C(=O)Cc2ccncn2)cc1F. The van der Waals surface area contributed by atoms with Gasteiger partial charge < -0.3 is 4.74 Å². The highest BCUT2D eigenvalue weighted by Crippen LogP contribution is 2.22. The summed E-state index contributed by atoms with van der Waals surface area (Å²) in [6.07, 6.45) is 2.64. The molecule has 98 valence electrons. The highest BCUT2D eigenvalue weighted by atomic mass is 19.1. The van der Waals surface area contributed by atoms with Crippen molar-refractivity contribution in [3.63, 3.8) is 0 Å². The second-order valence-electron chi connectivity index (χ2n) is 3.77. The van der Waals surface area contributed by atoms with Crippen LogP contribution in [-0.4, -0.2) is 22.9 Å². The number of halogens is 2. The fourth-order valence-electron chi connectivity index (χ4n) is 1.58. The van der Waals surface area contributed by atoms with E-state index in [4.69, 9.17) is 0 Å². The molecule has 4 nitrogen and oxygen atoms in total. The highest BCUT2D eigenvalue weighted by Gasteiger charge is 2.17. The van der Waals surface area contributed by atoms with Crippen molar-refractivity contribution in [1.82, 2.24) is 9.97 Å². The minimum atomic E-state index is -0.822. The standard InChI is InChI=1S/C13H10F2N2O2/c1-19-13-6-10(14)9(5-11(13)15)12(18)4-8-2-3-16-7-17-8/h2-3,5-7H,4H2,1H3.